The molecule has 0 saturated carbocycles. The molecule has 2 aromatic rings. The van der Waals surface area contributed by atoms with Crippen LogP contribution in [0.25, 0.3) is 0 Å². The zero-order chi connectivity index (χ0) is 17.0. The van der Waals surface area contributed by atoms with Gasteiger partial charge in [0.2, 0.25) is 5.91 Å². The number of para-hydroxylation sites is 1. The Morgan fingerprint density at radius 1 is 1.26 bits per heavy atom. The van der Waals surface area contributed by atoms with E-state index in [1.54, 1.807) is 6.07 Å². The second kappa shape index (κ2) is 6.69. The Kier molecular flexibility index (Phi) is 4.69. The highest BCUT2D eigenvalue weighted by molar-refractivity contribution is 5.75. The highest BCUT2D eigenvalue weighted by atomic mass is 16.6. The lowest BCUT2D eigenvalue weighted by Gasteiger charge is -2.08. The Hall–Kier alpha value is -3.23. The second-order valence-corrected chi connectivity index (χ2v) is 4.79. The van der Waals surface area contributed by atoms with Gasteiger partial charge in [-0.3, -0.25) is 28.8 Å². The van der Waals surface area contributed by atoms with Gasteiger partial charge < -0.3 is 5.32 Å². The SMILES string of the molecule is Cn1c(=O)ccn(CC(=O)NCc2ccccc2[N+](=O)[O-])c1=O. The van der Waals surface area contributed by atoms with Crippen molar-refractivity contribution in [2.24, 2.45) is 7.05 Å². The Morgan fingerprint density at radius 3 is 2.65 bits per heavy atom. The number of nitro benzene ring substituents is 1. The van der Waals surface area contributed by atoms with E-state index in [1.165, 1.54) is 37.5 Å². The van der Waals surface area contributed by atoms with Crippen LogP contribution in [0.2, 0.25) is 0 Å². The molecule has 1 N–H and O–H groups in total. The molecule has 0 aliphatic heterocycles. The average molecular weight is 318 g/mol. The van der Waals surface area contributed by atoms with Crippen LogP contribution < -0.4 is 16.6 Å². The van der Waals surface area contributed by atoms with Crippen LogP contribution in [0.3, 0.4) is 0 Å². The minimum Gasteiger partial charge on any atom is -0.350 e. The van der Waals surface area contributed by atoms with Crippen LogP contribution in [0.4, 0.5) is 5.69 Å². The number of nitro groups is 1. The monoisotopic (exact) mass is 318 g/mol. The first-order chi connectivity index (χ1) is 10.9. The summed E-state index contributed by atoms with van der Waals surface area (Å²) in [5.74, 6) is -0.496. The summed E-state index contributed by atoms with van der Waals surface area (Å²) in [7, 11) is 1.31. The maximum atomic E-state index is 11.9. The van der Waals surface area contributed by atoms with Crippen LogP contribution in [0.15, 0.2) is 46.1 Å². The minimum atomic E-state index is -0.613. The predicted octanol–water partition coefficient (Wildman–Crippen LogP) is -0.228. The van der Waals surface area contributed by atoms with Gasteiger partial charge in [0.05, 0.1) is 4.92 Å². The molecule has 0 fully saturated rings. The van der Waals surface area contributed by atoms with Gasteiger partial charge in [0.1, 0.15) is 6.54 Å². The quantitative estimate of drug-likeness (QED) is 0.604. The molecule has 0 saturated heterocycles. The van der Waals surface area contributed by atoms with Crippen LogP contribution in [0.5, 0.6) is 0 Å². The Morgan fingerprint density at radius 2 is 1.96 bits per heavy atom. The van der Waals surface area contributed by atoms with Crippen molar-refractivity contribution in [3.8, 4) is 0 Å². The molecule has 9 nitrogen and oxygen atoms in total. The van der Waals surface area contributed by atoms with E-state index in [2.05, 4.69) is 5.32 Å². The molecule has 9 heteroatoms. The van der Waals surface area contributed by atoms with Gasteiger partial charge in [-0.1, -0.05) is 18.2 Å². The van der Waals surface area contributed by atoms with Gasteiger partial charge >= 0.3 is 5.69 Å². The third-order valence-corrected chi connectivity index (χ3v) is 3.24. The summed E-state index contributed by atoms with van der Waals surface area (Å²) in [4.78, 5) is 45.3. The number of carbonyl (C=O) groups excluding carboxylic acids is 1. The van der Waals surface area contributed by atoms with E-state index in [9.17, 15) is 24.5 Å². The predicted molar refractivity (Wildman–Crippen MR) is 80.9 cm³/mol. The van der Waals surface area contributed by atoms with Crippen molar-refractivity contribution in [1.29, 1.82) is 0 Å². The van der Waals surface area contributed by atoms with Crippen LogP contribution in [0, 0.1) is 10.1 Å². The summed E-state index contributed by atoms with van der Waals surface area (Å²) < 4.78 is 1.96. The van der Waals surface area contributed by atoms with E-state index < -0.39 is 22.1 Å². The van der Waals surface area contributed by atoms with Gasteiger partial charge in [0.15, 0.2) is 0 Å². The first kappa shape index (κ1) is 16.1. The van der Waals surface area contributed by atoms with E-state index in [1.807, 2.05) is 0 Å². The number of nitrogens with zero attached hydrogens (tertiary/aromatic N) is 3. The Bertz CT molecular complexity index is 868. The van der Waals surface area contributed by atoms with Crippen molar-refractivity contribution in [1.82, 2.24) is 14.5 Å². The number of carbonyl (C=O) groups is 1. The van der Waals surface area contributed by atoms with Gasteiger partial charge in [-0.2, -0.15) is 0 Å². The molecule has 0 unspecified atom stereocenters. The molecule has 0 atom stereocenters. The number of benzene rings is 1. The van der Waals surface area contributed by atoms with Crippen molar-refractivity contribution >= 4 is 11.6 Å². The highest BCUT2D eigenvalue weighted by Gasteiger charge is 2.13. The van der Waals surface area contributed by atoms with E-state index in [4.69, 9.17) is 0 Å². The van der Waals surface area contributed by atoms with Gasteiger partial charge in [0, 0.05) is 37.5 Å². The maximum Gasteiger partial charge on any atom is 0.331 e. The molecule has 0 bridgehead atoms. The van der Waals surface area contributed by atoms with Crippen LogP contribution in [-0.4, -0.2) is 20.0 Å². The molecule has 0 spiro atoms. The van der Waals surface area contributed by atoms with Crippen LogP contribution in [0.1, 0.15) is 5.56 Å². The molecular formula is C14H14N4O5. The molecule has 1 heterocycles. The lowest BCUT2D eigenvalue weighted by Crippen LogP contribution is -2.40. The molecule has 1 amide bonds. The molecule has 0 aliphatic rings. The summed E-state index contributed by atoms with van der Waals surface area (Å²) >= 11 is 0. The average Bonchev–Trinajstić information content (AvgIpc) is 2.53. The van der Waals surface area contributed by atoms with Gasteiger partial charge in [0.25, 0.3) is 11.2 Å². The Labute approximate surface area is 129 Å². The molecular weight excluding hydrogens is 304 g/mol. The normalized spacial score (nSPS) is 10.3. The lowest BCUT2D eigenvalue weighted by atomic mass is 10.2. The minimum absolute atomic E-state index is 0.0312. The van der Waals surface area contributed by atoms with E-state index in [0.717, 1.165) is 9.13 Å². The largest absolute Gasteiger partial charge is 0.350 e. The zero-order valence-corrected chi connectivity index (χ0v) is 12.3. The number of amides is 1. The number of hydrogen-bond donors (Lipinski definition) is 1. The standard InChI is InChI=1S/C14H14N4O5/c1-16-13(20)6-7-17(14(16)21)9-12(19)15-8-10-4-2-3-5-11(10)18(22)23/h2-7H,8-9H2,1H3,(H,15,19). The summed E-state index contributed by atoms with van der Waals surface area (Å²) in [5.41, 5.74) is -0.810. The first-order valence-corrected chi connectivity index (χ1v) is 6.65. The van der Waals surface area contributed by atoms with Crippen LogP contribution in [-0.2, 0) is 24.9 Å². The number of hydrogen-bond acceptors (Lipinski definition) is 5. The zero-order valence-electron chi connectivity index (χ0n) is 12.3. The fraction of sp³-hybridized carbons (Fsp3) is 0.214. The van der Waals surface area contributed by atoms with Gasteiger partial charge in [-0.05, 0) is 0 Å². The molecule has 120 valence electrons. The molecule has 2 rings (SSSR count). The number of aromatic nitrogens is 2. The third-order valence-electron chi connectivity index (χ3n) is 3.24. The van der Waals surface area contributed by atoms with E-state index >= 15 is 0 Å². The first-order valence-electron chi connectivity index (χ1n) is 6.65. The molecule has 0 aliphatic carbocycles. The topological polar surface area (TPSA) is 116 Å². The summed E-state index contributed by atoms with van der Waals surface area (Å²) in [6.45, 7) is -0.315. The van der Waals surface area contributed by atoms with Crippen molar-refractivity contribution in [2.45, 2.75) is 13.1 Å². The molecule has 0 radical (unpaired) electrons. The van der Waals surface area contributed by atoms with Gasteiger partial charge in [-0.15, -0.1) is 0 Å². The summed E-state index contributed by atoms with van der Waals surface area (Å²) in [5, 5.41) is 13.4. The van der Waals surface area contributed by atoms with Crippen molar-refractivity contribution in [3.05, 3.63) is 73.0 Å². The van der Waals surface area contributed by atoms with Crippen molar-refractivity contribution in [3.63, 3.8) is 0 Å². The molecule has 23 heavy (non-hydrogen) atoms. The third kappa shape index (κ3) is 3.70. The van der Waals surface area contributed by atoms with Crippen molar-refractivity contribution < 1.29 is 9.72 Å². The second-order valence-electron chi connectivity index (χ2n) is 4.79. The van der Waals surface area contributed by atoms with Gasteiger partial charge in [-0.25, -0.2) is 4.79 Å². The Balaban J connectivity index is 2.07. The van der Waals surface area contributed by atoms with Crippen molar-refractivity contribution in [2.75, 3.05) is 0 Å². The van der Waals surface area contributed by atoms with E-state index in [-0.39, 0.29) is 18.8 Å². The van der Waals surface area contributed by atoms with Crippen LogP contribution >= 0.6 is 0 Å². The fourth-order valence-corrected chi connectivity index (χ4v) is 1.98. The number of rotatable bonds is 5. The maximum absolute atomic E-state index is 11.9. The smallest absolute Gasteiger partial charge is 0.331 e. The molecule has 1 aromatic carbocycles. The summed E-state index contributed by atoms with van der Waals surface area (Å²) in [6.07, 6.45) is 1.23. The lowest BCUT2D eigenvalue weighted by molar-refractivity contribution is -0.385. The molecule has 1 aromatic heterocycles. The number of nitrogens with one attached hydrogen (secondary N) is 1. The highest BCUT2D eigenvalue weighted by Crippen LogP contribution is 2.16. The fourth-order valence-electron chi connectivity index (χ4n) is 1.98. The van der Waals surface area contributed by atoms with E-state index in [0.29, 0.717) is 5.56 Å². The summed E-state index contributed by atoms with van der Waals surface area (Å²) in [6, 6.07) is 7.23.